The molecule has 0 aliphatic rings. The van der Waals surface area contributed by atoms with E-state index in [0.717, 1.165) is 5.56 Å². The van der Waals surface area contributed by atoms with E-state index in [0.29, 0.717) is 28.5 Å². The average molecular weight is 403 g/mol. The monoisotopic (exact) mass is 403 g/mol. The number of carbonyl (C=O) groups excluding carboxylic acids is 1. The van der Waals surface area contributed by atoms with E-state index >= 15 is 0 Å². The van der Waals surface area contributed by atoms with Crippen molar-refractivity contribution in [3.8, 4) is 23.3 Å². The first-order valence-corrected chi connectivity index (χ1v) is 8.90. The zero-order valence-electron chi connectivity index (χ0n) is 16.0. The number of hydrogen-bond donors (Lipinski definition) is 1. The molecular formula is C22H17N3O5. The van der Waals surface area contributed by atoms with Crippen LogP contribution in [0.3, 0.4) is 0 Å². The van der Waals surface area contributed by atoms with E-state index in [2.05, 4.69) is 5.32 Å². The van der Waals surface area contributed by atoms with Crippen molar-refractivity contribution in [2.45, 2.75) is 6.92 Å². The minimum atomic E-state index is -0.506. The molecule has 0 heterocycles. The van der Waals surface area contributed by atoms with Gasteiger partial charge in [-0.15, -0.1) is 0 Å². The molecule has 0 saturated heterocycles. The van der Waals surface area contributed by atoms with Crippen LogP contribution >= 0.6 is 0 Å². The van der Waals surface area contributed by atoms with E-state index in [1.165, 1.54) is 24.3 Å². The molecule has 1 amide bonds. The number of aryl methyl sites for hydroxylation is 1. The zero-order chi connectivity index (χ0) is 21.5. The fourth-order valence-electron chi connectivity index (χ4n) is 2.57. The van der Waals surface area contributed by atoms with Crippen LogP contribution < -0.4 is 14.8 Å². The van der Waals surface area contributed by atoms with Crippen molar-refractivity contribution in [2.24, 2.45) is 0 Å². The van der Waals surface area contributed by atoms with E-state index in [-0.39, 0.29) is 18.2 Å². The molecule has 8 nitrogen and oxygen atoms in total. The highest BCUT2D eigenvalue weighted by Crippen LogP contribution is 2.26. The molecule has 0 atom stereocenters. The van der Waals surface area contributed by atoms with Crippen molar-refractivity contribution < 1.29 is 19.2 Å². The highest BCUT2D eigenvalue weighted by Gasteiger charge is 2.09. The van der Waals surface area contributed by atoms with E-state index in [1.54, 1.807) is 42.5 Å². The van der Waals surface area contributed by atoms with E-state index < -0.39 is 4.92 Å². The molecule has 150 valence electrons. The number of carbonyl (C=O) groups is 1. The van der Waals surface area contributed by atoms with Gasteiger partial charge in [0.15, 0.2) is 6.61 Å². The summed E-state index contributed by atoms with van der Waals surface area (Å²) in [6.07, 6.45) is 0. The van der Waals surface area contributed by atoms with Gasteiger partial charge in [-0.2, -0.15) is 5.26 Å². The number of ether oxygens (including phenoxy) is 2. The fraction of sp³-hybridized carbons (Fsp3) is 0.0909. The first-order chi connectivity index (χ1) is 14.4. The number of rotatable bonds is 7. The molecule has 0 unspecified atom stereocenters. The molecule has 1 N–H and O–H groups in total. The highest BCUT2D eigenvalue weighted by atomic mass is 16.6. The van der Waals surface area contributed by atoms with E-state index in [4.69, 9.17) is 14.7 Å². The lowest BCUT2D eigenvalue weighted by atomic mass is 10.2. The Morgan fingerprint density at radius 3 is 2.27 bits per heavy atom. The molecule has 0 saturated carbocycles. The summed E-state index contributed by atoms with van der Waals surface area (Å²) in [4.78, 5) is 22.3. The van der Waals surface area contributed by atoms with Crippen molar-refractivity contribution in [1.29, 1.82) is 5.26 Å². The number of non-ortho nitro benzene ring substituents is 1. The molecule has 3 aromatic carbocycles. The summed E-state index contributed by atoms with van der Waals surface area (Å²) in [5.74, 6) is 1.19. The third kappa shape index (κ3) is 5.33. The van der Waals surface area contributed by atoms with Gasteiger partial charge in [-0.25, -0.2) is 0 Å². The largest absolute Gasteiger partial charge is 0.484 e. The normalized spacial score (nSPS) is 10.0. The third-order valence-corrected chi connectivity index (χ3v) is 4.11. The van der Waals surface area contributed by atoms with Crippen molar-refractivity contribution in [1.82, 2.24) is 0 Å². The molecule has 3 rings (SSSR count). The van der Waals surface area contributed by atoms with Crippen molar-refractivity contribution in [2.75, 3.05) is 11.9 Å². The number of nitrogens with one attached hydrogen (secondary N) is 1. The van der Waals surface area contributed by atoms with E-state index in [9.17, 15) is 14.9 Å². The van der Waals surface area contributed by atoms with Gasteiger partial charge in [0.2, 0.25) is 0 Å². The lowest BCUT2D eigenvalue weighted by molar-refractivity contribution is -0.384. The predicted octanol–water partition coefficient (Wildman–Crippen LogP) is 4.58. The zero-order valence-corrected chi connectivity index (χ0v) is 16.0. The minimum absolute atomic E-state index is 0.0502. The molecule has 30 heavy (non-hydrogen) atoms. The summed E-state index contributed by atoms with van der Waals surface area (Å²) in [5.41, 5.74) is 1.91. The van der Waals surface area contributed by atoms with Gasteiger partial charge in [0.1, 0.15) is 17.2 Å². The fourth-order valence-corrected chi connectivity index (χ4v) is 2.57. The van der Waals surface area contributed by atoms with Crippen LogP contribution in [-0.4, -0.2) is 17.4 Å². The van der Waals surface area contributed by atoms with Crippen LogP contribution in [-0.2, 0) is 4.79 Å². The number of nitriles is 1. The number of nitro groups is 1. The van der Waals surface area contributed by atoms with Crippen LogP contribution in [0, 0.1) is 28.4 Å². The van der Waals surface area contributed by atoms with Gasteiger partial charge in [0.25, 0.3) is 11.6 Å². The van der Waals surface area contributed by atoms with Gasteiger partial charge in [-0.1, -0.05) is 0 Å². The maximum absolute atomic E-state index is 12.1. The summed E-state index contributed by atoms with van der Waals surface area (Å²) in [5, 5.41) is 22.2. The maximum Gasteiger partial charge on any atom is 0.269 e. The Bertz CT molecular complexity index is 1100. The molecule has 0 spiro atoms. The quantitative estimate of drug-likeness (QED) is 0.456. The van der Waals surface area contributed by atoms with Crippen LogP contribution in [0.5, 0.6) is 17.2 Å². The molecule has 0 bridgehead atoms. The Balaban J connectivity index is 1.56. The van der Waals surface area contributed by atoms with Gasteiger partial charge in [0, 0.05) is 17.8 Å². The number of anilines is 1. The maximum atomic E-state index is 12.1. The van der Waals surface area contributed by atoms with Crippen molar-refractivity contribution in [3.63, 3.8) is 0 Å². The number of amides is 1. The van der Waals surface area contributed by atoms with Gasteiger partial charge >= 0.3 is 0 Å². The van der Waals surface area contributed by atoms with Crippen LogP contribution in [0.2, 0.25) is 0 Å². The van der Waals surface area contributed by atoms with Crippen molar-refractivity contribution in [3.05, 3.63) is 88.0 Å². The Morgan fingerprint density at radius 1 is 1.03 bits per heavy atom. The number of benzene rings is 3. The van der Waals surface area contributed by atoms with Crippen molar-refractivity contribution >= 4 is 17.3 Å². The molecule has 0 fully saturated rings. The second-order valence-electron chi connectivity index (χ2n) is 6.30. The molecule has 0 aromatic heterocycles. The third-order valence-electron chi connectivity index (χ3n) is 4.11. The second kappa shape index (κ2) is 9.21. The van der Waals surface area contributed by atoms with Gasteiger partial charge in [0.05, 0.1) is 16.6 Å². The SMILES string of the molecule is Cc1cc(Oc2ccc(C#N)cc2)ccc1NC(=O)COc1ccc([N+](=O)[O-])cc1. The first-order valence-electron chi connectivity index (χ1n) is 8.90. The molecule has 0 aliphatic heterocycles. The van der Waals surface area contributed by atoms with Crippen LogP contribution in [0.4, 0.5) is 11.4 Å². The molecule has 3 aromatic rings. The van der Waals surface area contributed by atoms with Gasteiger partial charge < -0.3 is 14.8 Å². The number of nitrogens with zero attached hydrogens (tertiary/aromatic N) is 2. The Labute approximate surface area is 172 Å². The topological polar surface area (TPSA) is 114 Å². The first kappa shape index (κ1) is 20.4. The lowest BCUT2D eigenvalue weighted by Gasteiger charge is -2.12. The summed E-state index contributed by atoms with van der Waals surface area (Å²) >= 11 is 0. The summed E-state index contributed by atoms with van der Waals surface area (Å²) in [7, 11) is 0. The summed E-state index contributed by atoms with van der Waals surface area (Å²) in [6.45, 7) is 1.60. The van der Waals surface area contributed by atoms with Gasteiger partial charge in [-0.3, -0.25) is 14.9 Å². The second-order valence-corrected chi connectivity index (χ2v) is 6.30. The smallest absolute Gasteiger partial charge is 0.269 e. The number of nitro benzene ring substituents is 1. The van der Waals surface area contributed by atoms with Crippen LogP contribution in [0.15, 0.2) is 66.7 Å². The average Bonchev–Trinajstić information content (AvgIpc) is 2.75. The minimum Gasteiger partial charge on any atom is -0.484 e. The Hall–Kier alpha value is -4.38. The number of hydrogen-bond acceptors (Lipinski definition) is 6. The lowest BCUT2D eigenvalue weighted by Crippen LogP contribution is -2.20. The van der Waals surface area contributed by atoms with Gasteiger partial charge in [-0.05, 0) is 67.1 Å². The molecular weight excluding hydrogens is 386 g/mol. The highest BCUT2D eigenvalue weighted by molar-refractivity contribution is 5.92. The summed E-state index contributed by atoms with van der Waals surface area (Å²) < 4.78 is 11.1. The standard InChI is InChI=1S/C22H17N3O5/c1-15-12-20(30-19-6-2-16(13-23)3-7-19)10-11-21(15)24-22(26)14-29-18-8-4-17(5-9-18)25(27)28/h2-12H,14H2,1H3,(H,24,26). The predicted molar refractivity (Wildman–Crippen MR) is 110 cm³/mol. The molecule has 0 aliphatic carbocycles. The molecule has 8 heteroatoms. The van der Waals surface area contributed by atoms with Crippen LogP contribution in [0.1, 0.15) is 11.1 Å². The Kier molecular flexibility index (Phi) is 6.25. The van der Waals surface area contributed by atoms with E-state index in [1.807, 2.05) is 13.0 Å². The molecule has 0 radical (unpaired) electrons. The van der Waals surface area contributed by atoms with Crippen LogP contribution in [0.25, 0.3) is 0 Å². The Morgan fingerprint density at radius 2 is 1.67 bits per heavy atom. The summed E-state index contributed by atoms with van der Waals surface area (Å²) in [6, 6.07) is 19.5.